The molecular weight excluding hydrogens is 514 g/mol. The Balaban J connectivity index is 1.75. The summed E-state index contributed by atoms with van der Waals surface area (Å²) >= 11 is 8.54. The zero-order valence-electron chi connectivity index (χ0n) is 19.3. The maximum atomic E-state index is 13.5. The molecule has 4 rings (SSSR count). The molecule has 0 saturated heterocycles. The minimum Gasteiger partial charge on any atom is -0.322 e. The Morgan fingerprint density at radius 3 is 2.53 bits per heavy atom. The van der Waals surface area contributed by atoms with Crippen molar-refractivity contribution in [1.29, 1.82) is 5.26 Å². The highest BCUT2D eigenvalue weighted by atomic mass is 35.5. The SMILES string of the molecule is Cc1ccccc1NC(=O)c1c(C)nc(SCC(=O)Nc2nccs2)c(C#N)c1-c1ccc(Cl)cc1. The average Bonchev–Trinajstić information content (AvgIpc) is 3.37. The van der Waals surface area contributed by atoms with Gasteiger partial charge in [-0.2, -0.15) is 5.26 Å². The van der Waals surface area contributed by atoms with Crippen LogP contribution in [0.4, 0.5) is 10.8 Å². The number of thioether (sulfide) groups is 1. The molecule has 0 aliphatic heterocycles. The molecular formula is C26H20ClN5O2S2. The third kappa shape index (κ3) is 5.74. The molecule has 7 nitrogen and oxygen atoms in total. The smallest absolute Gasteiger partial charge is 0.258 e. The number of carbonyl (C=O) groups excluding carboxylic acids is 2. The third-order valence-corrected chi connectivity index (χ3v) is 7.14. The quantitative estimate of drug-likeness (QED) is 0.269. The lowest BCUT2D eigenvalue weighted by molar-refractivity contribution is -0.113. The number of hydrogen-bond donors (Lipinski definition) is 2. The summed E-state index contributed by atoms with van der Waals surface area (Å²) in [4.78, 5) is 34.5. The largest absolute Gasteiger partial charge is 0.322 e. The molecule has 36 heavy (non-hydrogen) atoms. The van der Waals surface area contributed by atoms with Gasteiger partial charge in [-0.15, -0.1) is 11.3 Å². The van der Waals surface area contributed by atoms with Crippen LogP contribution in [0.3, 0.4) is 0 Å². The highest BCUT2D eigenvalue weighted by Gasteiger charge is 2.25. The third-order valence-electron chi connectivity index (χ3n) is 5.23. The Morgan fingerprint density at radius 2 is 1.86 bits per heavy atom. The van der Waals surface area contributed by atoms with Gasteiger partial charge in [0.1, 0.15) is 11.1 Å². The number of nitrogens with zero attached hydrogens (tertiary/aromatic N) is 3. The number of halogens is 1. The van der Waals surface area contributed by atoms with Crippen LogP contribution in [0, 0.1) is 25.2 Å². The Bertz CT molecular complexity index is 1470. The number of hydrogen-bond acceptors (Lipinski definition) is 7. The normalized spacial score (nSPS) is 10.5. The van der Waals surface area contributed by atoms with Gasteiger partial charge in [0.25, 0.3) is 5.91 Å². The molecule has 0 spiro atoms. The van der Waals surface area contributed by atoms with Gasteiger partial charge in [-0.1, -0.05) is 53.7 Å². The zero-order chi connectivity index (χ0) is 25.7. The fraction of sp³-hybridized carbons (Fsp3) is 0.115. The van der Waals surface area contributed by atoms with Crippen molar-refractivity contribution in [2.45, 2.75) is 18.9 Å². The zero-order valence-corrected chi connectivity index (χ0v) is 21.7. The second-order valence-electron chi connectivity index (χ2n) is 7.69. The minimum absolute atomic E-state index is 0.0233. The van der Waals surface area contributed by atoms with Gasteiger partial charge in [0.15, 0.2) is 5.13 Å². The van der Waals surface area contributed by atoms with Crippen LogP contribution in [0.15, 0.2) is 65.1 Å². The molecule has 180 valence electrons. The standard InChI is InChI=1S/C26H20ClN5O2S2/c1-15-5-3-4-6-20(15)31-24(34)22-16(2)30-25(36-14-21(33)32-26-29-11-12-35-26)19(13-28)23(22)17-7-9-18(27)10-8-17/h3-12H,14H2,1-2H3,(H,31,34)(H,29,32,33). The van der Waals surface area contributed by atoms with E-state index in [9.17, 15) is 14.9 Å². The number of aromatic nitrogens is 2. The van der Waals surface area contributed by atoms with Crippen molar-refractivity contribution >= 4 is 57.3 Å². The van der Waals surface area contributed by atoms with Crippen molar-refractivity contribution in [3.63, 3.8) is 0 Å². The topological polar surface area (TPSA) is 108 Å². The number of nitriles is 1. The molecule has 2 heterocycles. The average molecular weight is 534 g/mol. The van der Waals surface area contributed by atoms with E-state index in [1.807, 2.05) is 31.2 Å². The van der Waals surface area contributed by atoms with Gasteiger partial charge in [0.05, 0.1) is 22.6 Å². The number of carbonyl (C=O) groups is 2. The van der Waals surface area contributed by atoms with Gasteiger partial charge < -0.3 is 10.6 Å². The number of anilines is 2. The van der Waals surface area contributed by atoms with Crippen molar-refractivity contribution < 1.29 is 9.59 Å². The predicted molar refractivity (Wildman–Crippen MR) is 145 cm³/mol. The molecule has 0 unspecified atom stereocenters. The van der Waals surface area contributed by atoms with E-state index in [1.54, 1.807) is 42.8 Å². The summed E-state index contributed by atoms with van der Waals surface area (Å²) in [5, 5.41) is 19.0. The lowest BCUT2D eigenvalue weighted by Gasteiger charge is -2.17. The number of rotatable bonds is 7. The van der Waals surface area contributed by atoms with Crippen molar-refractivity contribution in [3.8, 4) is 17.2 Å². The van der Waals surface area contributed by atoms with Crippen LogP contribution in [0.25, 0.3) is 11.1 Å². The molecule has 0 aliphatic carbocycles. The first-order chi connectivity index (χ1) is 17.4. The molecule has 0 bridgehead atoms. The van der Waals surface area contributed by atoms with E-state index in [1.165, 1.54) is 11.3 Å². The molecule has 0 saturated carbocycles. The van der Waals surface area contributed by atoms with E-state index in [2.05, 4.69) is 26.7 Å². The summed E-state index contributed by atoms with van der Waals surface area (Å²) in [6.45, 7) is 3.62. The summed E-state index contributed by atoms with van der Waals surface area (Å²) in [6.07, 6.45) is 1.60. The van der Waals surface area contributed by atoms with E-state index in [0.717, 1.165) is 17.3 Å². The molecule has 2 N–H and O–H groups in total. The number of pyridine rings is 1. The van der Waals surface area contributed by atoms with Crippen LogP contribution in [0.5, 0.6) is 0 Å². The molecule has 0 aliphatic rings. The van der Waals surface area contributed by atoms with Crippen molar-refractivity contribution in [2.75, 3.05) is 16.4 Å². The van der Waals surface area contributed by atoms with E-state index in [4.69, 9.17) is 11.6 Å². The highest BCUT2D eigenvalue weighted by molar-refractivity contribution is 8.00. The van der Waals surface area contributed by atoms with Crippen LogP contribution >= 0.6 is 34.7 Å². The Morgan fingerprint density at radius 1 is 1.11 bits per heavy atom. The maximum absolute atomic E-state index is 13.5. The fourth-order valence-electron chi connectivity index (χ4n) is 3.54. The molecule has 4 aromatic rings. The summed E-state index contributed by atoms with van der Waals surface area (Å²) < 4.78 is 0. The van der Waals surface area contributed by atoms with Gasteiger partial charge >= 0.3 is 0 Å². The number of amides is 2. The Hall–Kier alpha value is -3.71. The molecule has 0 radical (unpaired) electrons. The molecule has 2 aromatic heterocycles. The van der Waals surface area contributed by atoms with Gasteiger partial charge in [-0.05, 0) is 43.2 Å². The maximum Gasteiger partial charge on any atom is 0.258 e. The second-order valence-corrected chi connectivity index (χ2v) is 9.98. The first-order valence-corrected chi connectivity index (χ1v) is 13.0. The van der Waals surface area contributed by atoms with E-state index in [0.29, 0.717) is 37.7 Å². The number of para-hydroxylation sites is 1. The van der Waals surface area contributed by atoms with Crippen LogP contribution in [-0.2, 0) is 4.79 Å². The van der Waals surface area contributed by atoms with Crippen molar-refractivity contribution in [1.82, 2.24) is 9.97 Å². The molecule has 2 aromatic carbocycles. The van der Waals surface area contributed by atoms with E-state index >= 15 is 0 Å². The Kier molecular flexibility index (Phi) is 8.00. The number of benzene rings is 2. The van der Waals surface area contributed by atoms with Crippen LogP contribution in [0.2, 0.25) is 5.02 Å². The molecule has 0 atom stereocenters. The lowest BCUT2D eigenvalue weighted by atomic mass is 9.94. The predicted octanol–water partition coefficient (Wildman–Crippen LogP) is 6.33. The summed E-state index contributed by atoms with van der Waals surface area (Å²) in [7, 11) is 0. The van der Waals surface area contributed by atoms with Crippen LogP contribution in [0.1, 0.15) is 27.2 Å². The first kappa shape index (κ1) is 25.4. The number of thiazole rings is 1. The highest BCUT2D eigenvalue weighted by Crippen LogP contribution is 2.36. The van der Waals surface area contributed by atoms with Gasteiger partial charge in [0, 0.05) is 27.9 Å². The summed E-state index contributed by atoms with van der Waals surface area (Å²) in [6, 6.07) is 16.6. The Labute approximate surface area is 221 Å². The van der Waals surface area contributed by atoms with Gasteiger partial charge in [-0.3, -0.25) is 9.59 Å². The summed E-state index contributed by atoms with van der Waals surface area (Å²) in [5.74, 6) is -0.628. The van der Waals surface area contributed by atoms with E-state index in [-0.39, 0.29) is 28.7 Å². The first-order valence-electron chi connectivity index (χ1n) is 10.8. The van der Waals surface area contributed by atoms with Crippen LogP contribution in [-0.4, -0.2) is 27.5 Å². The number of nitrogens with one attached hydrogen (secondary N) is 2. The van der Waals surface area contributed by atoms with Gasteiger partial charge in [0.2, 0.25) is 5.91 Å². The van der Waals surface area contributed by atoms with Crippen molar-refractivity contribution in [2.24, 2.45) is 0 Å². The van der Waals surface area contributed by atoms with Gasteiger partial charge in [-0.25, -0.2) is 9.97 Å². The minimum atomic E-state index is -0.381. The monoisotopic (exact) mass is 533 g/mol. The molecule has 10 heteroatoms. The molecule has 0 fully saturated rings. The van der Waals surface area contributed by atoms with Crippen LogP contribution < -0.4 is 10.6 Å². The second kappa shape index (κ2) is 11.4. The fourth-order valence-corrected chi connectivity index (χ4v) is 5.05. The molecule has 2 amide bonds. The number of aryl methyl sites for hydroxylation is 2. The lowest BCUT2D eigenvalue weighted by Crippen LogP contribution is -2.18. The van der Waals surface area contributed by atoms with E-state index < -0.39 is 0 Å². The van der Waals surface area contributed by atoms with Crippen molar-refractivity contribution in [3.05, 3.63) is 87.5 Å². The summed E-state index contributed by atoms with van der Waals surface area (Å²) in [5.41, 5.74) is 3.59.